The van der Waals surface area contributed by atoms with E-state index in [9.17, 15) is 0 Å². The Morgan fingerprint density at radius 2 is 2.35 bits per heavy atom. The Morgan fingerprint density at radius 3 is 2.94 bits per heavy atom. The Labute approximate surface area is 108 Å². The van der Waals surface area contributed by atoms with Crippen molar-refractivity contribution >= 4 is 11.3 Å². The van der Waals surface area contributed by atoms with Gasteiger partial charge >= 0.3 is 0 Å². The maximum Gasteiger partial charge on any atom is 0.0953 e. The summed E-state index contributed by atoms with van der Waals surface area (Å²) < 4.78 is 0. The first kappa shape index (κ1) is 13.0. The topological polar surface area (TPSA) is 42.1 Å². The van der Waals surface area contributed by atoms with Gasteiger partial charge in [0.25, 0.3) is 0 Å². The third-order valence-electron chi connectivity index (χ3n) is 3.39. The molecule has 4 heteroatoms. The van der Waals surface area contributed by atoms with E-state index >= 15 is 0 Å². The highest BCUT2D eigenvalue weighted by atomic mass is 32.1. The van der Waals surface area contributed by atoms with E-state index < -0.39 is 0 Å². The molecule has 0 saturated carbocycles. The molecule has 0 spiro atoms. The number of nitrogens with zero attached hydrogens (tertiary/aromatic N) is 2. The van der Waals surface area contributed by atoms with Crippen molar-refractivity contribution in [2.75, 3.05) is 13.1 Å². The first-order valence-corrected chi connectivity index (χ1v) is 7.40. The summed E-state index contributed by atoms with van der Waals surface area (Å²) in [5, 5.41) is 1.23. The lowest BCUT2D eigenvalue weighted by Crippen LogP contribution is -2.31. The van der Waals surface area contributed by atoms with Crippen LogP contribution < -0.4 is 5.73 Å². The van der Waals surface area contributed by atoms with Crippen LogP contribution in [0.5, 0.6) is 0 Å². The van der Waals surface area contributed by atoms with Gasteiger partial charge in [-0.05, 0) is 19.4 Å². The smallest absolute Gasteiger partial charge is 0.0953 e. The van der Waals surface area contributed by atoms with Crippen LogP contribution in [0.15, 0.2) is 6.20 Å². The Hall–Kier alpha value is -0.450. The van der Waals surface area contributed by atoms with E-state index in [1.807, 2.05) is 17.5 Å². The zero-order valence-corrected chi connectivity index (χ0v) is 11.8. The second-order valence-electron chi connectivity index (χ2n) is 5.19. The molecule has 2 rings (SSSR count). The second-order valence-corrected chi connectivity index (χ2v) is 6.28. The van der Waals surface area contributed by atoms with E-state index in [0.717, 1.165) is 19.5 Å². The lowest BCUT2D eigenvalue weighted by atomic mass is 10.1. The van der Waals surface area contributed by atoms with Crippen molar-refractivity contribution in [2.45, 2.75) is 51.6 Å². The van der Waals surface area contributed by atoms with Gasteiger partial charge < -0.3 is 5.73 Å². The fourth-order valence-corrected chi connectivity index (χ4v) is 3.65. The van der Waals surface area contributed by atoms with Crippen LogP contribution in [0, 0.1) is 0 Å². The van der Waals surface area contributed by atoms with E-state index in [0.29, 0.717) is 12.0 Å². The Bertz CT molecular complexity index is 359. The Kier molecular flexibility index (Phi) is 4.17. The van der Waals surface area contributed by atoms with Crippen LogP contribution in [0.25, 0.3) is 0 Å². The van der Waals surface area contributed by atoms with E-state index in [1.165, 1.54) is 16.3 Å². The van der Waals surface area contributed by atoms with Crippen molar-refractivity contribution in [1.29, 1.82) is 0 Å². The minimum atomic E-state index is 0.280. The fourth-order valence-electron chi connectivity index (χ4n) is 2.52. The summed E-state index contributed by atoms with van der Waals surface area (Å²) in [6.45, 7) is 8.90. The normalized spacial score (nSPS) is 25.9. The lowest BCUT2D eigenvalue weighted by molar-refractivity contribution is 0.251. The monoisotopic (exact) mass is 253 g/mol. The molecule has 0 aromatic carbocycles. The predicted molar refractivity (Wildman–Crippen MR) is 73.4 cm³/mol. The number of aromatic nitrogens is 1. The van der Waals surface area contributed by atoms with Gasteiger partial charge in [-0.1, -0.05) is 20.8 Å². The van der Waals surface area contributed by atoms with Gasteiger partial charge in [-0.25, -0.2) is 4.98 Å². The van der Waals surface area contributed by atoms with Gasteiger partial charge in [0.05, 0.1) is 11.0 Å². The molecule has 2 atom stereocenters. The number of hydrogen-bond donors (Lipinski definition) is 1. The van der Waals surface area contributed by atoms with Gasteiger partial charge in [0, 0.05) is 29.6 Å². The molecule has 2 heterocycles. The first-order valence-electron chi connectivity index (χ1n) is 6.58. The van der Waals surface area contributed by atoms with Crippen LogP contribution in [0.1, 0.15) is 55.5 Å². The van der Waals surface area contributed by atoms with Crippen LogP contribution in [0.3, 0.4) is 0 Å². The summed E-state index contributed by atoms with van der Waals surface area (Å²) in [7, 11) is 0. The van der Waals surface area contributed by atoms with Crippen molar-refractivity contribution in [1.82, 2.24) is 9.88 Å². The van der Waals surface area contributed by atoms with Gasteiger partial charge in [0.1, 0.15) is 0 Å². The van der Waals surface area contributed by atoms with E-state index in [1.54, 1.807) is 0 Å². The molecule has 0 aliphatic carbocycles. The van der Waals surface area contributed by atoms with Crippen molar-refractivity contribution in [3.8, 4) is 0 Å². The number of hydrogen-bond acceptors (Lipinski definition) is 4. The molecule has 1 aromatic heterocycles. The Balaban J connectivity index is 2.17. The number of likely N-dealkylation sites (tertiary alicyclic amines) is 1. The van der Waals surface area contributed by atoms with E-state index in [-0.39, 0.29) is 6.04 Å². The second kappa shape index (κ2) is 5.46. The van der Waals surface area contributed by atoms with E-state index in [2.05, 4.69) is 30.7 Å². The largest absolute Gasteiger partial charge is 0.326 e. The van der Waals surface area contributed by atoms with Gasteiger partial charge in [-0.3, -0.25) is 4.90 Å². The highest BCUT2D eigenvalue weighted by Crippen LogP contribution is 2.35. The van der Waals surface area contributed by atoms with Crippen molar-refractivity contribution < 1.29 is 0 Å². The average molecular weight is 253 g/mol. The molecule has 3 nitrogen and oxygen atoms in total. The molecular weight excluding hydrogens is 230 g/mol. The van der Waals surface area contributed by atoms with Gasteiger partial charge in [-0.15, -0.1) is 11.3 Å². The Morgan fingerprint density at radius 1 is 1.59 bits per heavy atom. The third kappa shape index (κ3) is 2.69. The summed E-state index contributed by atoms with van der Waals surface area (Å²) >= 11 is 1.84. The van der Waals surface area contributed by atoms with Crippen LogP contribution in [-0.2, 0) is 0 Å². The van der Waals surface area contributed by atoms with Crippen LogP contribution in [0.4, 0.5) is 0 Å². The maximum absolute atomic E-state index is 6.25. The third-order valence-corrected chi connectivity index (χ3v) is 4.75. The summed E-state index contributed by atoms with van der Waals surface area (Å²) in [6.07, 6.45) is 4.34. The van der Waals surface area contributed by atoms with E-state index in [4.69, 9.17) is 5.73 Å². The van der Waals surface area contributed by atoms with Crippen LogP contribution >= 0.6 is 11.3 Å². The number of thiazole rings is 1. The molecule has 1 aliphatic heterocycles. The standard InChI is InChI=1S/C13H23N3S/c1-4-6-16-7-5-10(14)12(16)11-8-15-13(17-11)9(2)3/h8-10,12H,4-7,14H2,1-3H3/t10-,12-/m0/s1. The minimum Gasteiger partial charge on any atom is -0.326 e. The quantitative estimate of drug-likeness (QED) is 0.897. The minimum absolute atomic E-state index is 0.280. The molecule has 2 N–H and O–H groups in total. The van der Waals surface area contributed by atoms with Crippen molar-refractivity contribution in [2.24, 2.45) is 5.73 Å². The van der Waals surface area contributed by atoms with Gasteiger partial charge in [0.2, 0.25) is 0 Å². The average Bonchev–Trinajstić information content (AvgIpc) is 2.86. The van der Waals surface area contributed by atoms with Crippen molar-refractivity contribution in [3.05, 3.63) is 16.1 Å². The summed E-state index contributed by atoms with van der Waals surface area (Å²) in [6, 6.07) is 0.682. The maximum atomic E-state index is 6.25. The molecule has 0 radical (unpaired) electrons. The fraction of sp³-hybridized carbons (Fsp3) is 0.769. The van der Waals surface area contributed by atoms with Crippen molar-refractivity contribution in [3.63, 3.8) is 0 Å². The first-order chi connectivity index (χ1) is 8.13. The molecule has 0 unspecified atom stereocenters. The van der Waals surface area contributed by atoms with Crippen LogP contribution in [-0.4, -0.2) is 29.0 Å². The summed E-state index contributed by atoms with van der Waals surface area (Å²) in [5.74, 6) is 0.519. The molecular formula is C13H23N3S. The molecule has 1 aromatic rings. The predicted octanol–water partition coefficient (Wildman–Crippen LogP) is 2.75. The zero-order chi connectivity index (χ0) is 12.4. The molecule has 1 saturated heterocycles. The highest BCUT2D eigenvalue weighted by molar-refractivity contribution is 7.11. The molecule has 96 valence electrons. The molecule has 17 heavy (non-hydrogen) atoms. The van der Waals surface area contributed by atoms with Crippen LogP contribution in [0.2, 0.25) is 0 Å². The summed E-state index contributed by atoms with van der Waals surface area (Å²) in [4.78, 5) is 8.40. The molecule has 1 fully saturated rings. The molecule has 1 aliphatic rings. The molecule has 0 amide bonds. The number of rotatable bonds is 4. The van der Waals surface area contributed by atoms with Gasteiger partial charge in [0.15, 0.2) is 0 Å². The summed E-state index contributed by atoms with van der Waals surface area (Å²) in [5.41, 5.74) is 6.25. The van der Waals surface area contributed by atoms with Gasteiger partial charge in [-0.2, -0.15) is 0 Å². The SMILES string of the molecule is CCCN1CC[C@H](N)[C@H]1c1cnc(C(C)C)s1. The molecule has 0 bridgehead atoms. The lowest BCUT2D eigenvalue weighted by Gasteiger charge is -2.24. The number of nitrogens with two attached hydrogens (primary N) is 1. The highest BCUT2D eigenvalue weighted by Gasteiger charge is 2.33. The zero-order valence-electron chi connectivity index (χ0n) is 11.0.